The molecule has 0 aromatic heterocycles. The summed E-state index contributed by atoms with van der Waals surface area (Å²) in [4.78, 5) is 23.6. The third-order valence-electron chi connectivity index (χ3n) is 14.3. The van der Waals surface area contributed by atoms with Gasteiger partial charge in [-0.2, -0.15) is 0 Å². The van der Waals surface area contributed by atoms with Gasteiger partial charge in [-0.25, -0.2) is 4.57 Å². The number of hydrogen-bond donors (Lipinski definition) is 9. The summed E-state index contributed by atoms with van der Waals surface area (Å²) in [5, 5.41) is 74.9. The molecule has 1 fully saturated rings. The van der Waals surface area contributed by atoms with E-state index in [-0.39, 0.29) is 6.42 Å². The number of hydrogen-bond acceptors (Lipinski definition) is 11. The van der Waals surface area contributed by atoms with Gasteiger partial charge in [-0.1, -0.05) is 244 Å². The van der Waals surface area contributed by atoms with Crippen molar-refractivity contribution in [2.75, 3.05) is 6.61 Å². The monoisotopic (exact) mass is 1030 g/mol. The molecule has 71 heavy (non-hydrogen) atoms. The Morgan fingerprint density at radius 1 is 0.493 bits per heavy atom. The Balaban J connectivity index is 2.41. The van der Waals surface area contributed by atoms with Gasteiger partial charge in [0.1, 0.15) is 36.6 Å². The second-order valence-electron chi connectivity index (χ2n) is 21.0. The van der Waals surface area contributed by atoms with Gasteiger partial charge in [0.05, 0.1) is 31.3 Å². The first-order valence-corrected chi connectivity index (χ1v) is 30.9. The molecule has 0 heterocycles. The van der Waals surface area contributed by atoms with Crippen molar-refractivity contribution >= 4 is 13.7 Å². The quantitative estimate of drug-likeness (QED) is 0.0158. The van der Waals surface area contributed by atoms with Crippen molar-refractivity contribution < 1.29 is 59.0 Å². The number of aliphatic hydroxyl groups is 7. The smallest absolute Gasteiger partial charge is 0.393 e. The third-order valence-corrected chi connectivity index (χ3v) is 15.3. The molecule has 14 heteroatoms. The van der Waals surface area contributed by atoms with Crippen LogP contribution in [0, 0.1) is 0 Å². The molecule has 0 aromatic carbocycles. The first kappa shape index (κ1) is 67.8. The van der Waals surface area contributed by atoms with E-state index >= 15 is 0 Å². The minimum atomic E-state index is -5.15. The van der Waals surface area contributed by atoms with E-state index in [4.69, 9.17) is 9.05 Å². The summed E-state index contributed by atoms with van der Waals surface area (Å²) < 4.78 is 23.0. The number of unbranched alkanes of at least 4 members (excludes halogenated alkanes) is 35. The van der Waals surface area contributed by atoms with E-state index in [0.29, 0.717) is 12.8 Å². The van der Waals surface area contributed by atoms with Crippen LogP contribution in [0.15, 0.2) is 24.3 Å². The van der Waals surface area contributed by atoms with Gasteiger partial charge >= 0.3 is 7.82 Å². The van der Waals surface area contributed by atoms with E-state index in [0.717, 1.165) is 64.2 Å². The van der Waals surface area contributed by atoms with Gasteiger partial charge in [-0.15, -0.1) is 0 Å². The van der Waals surface area contributed by atoms with E-state index in [9.17, 15) is 50.0 Å². The predicted molar refractivity (Wildman–Crippen MR) is 289 cm³/mol. The van der Waals surface area contributed by atoms with Crippen LogP contribution in [0.3, 0.4) is 0 Å². The Kier molecular flexibility index (Phi) is 44.0. The predicted octanol–water partition coefficient (Wildman–Crippen LogP) is 12.3. The number of carbonyl (C=O) groups is 1. The second kappa shape index (κ2) is 46.1. The molecule has 0 radical (unpaired) electrons. The summed E-state index contributed by atoms with van der Waals surface area (Å²) in [6.45, 7) is 3.79. The van der Waals surface area contributed by atoms with Crippen LogP contribution in [0.25, 0.3) is 0 Å². The van der Waals surface area contributed by atoms with E-state index in [1.54, 1.807) is 6.08 Å². The van der Waals surface area contributed by atoms with Crippen molar-refractivity contribution in [3.8, 4) is 0 Å². The van der Waals surface area contributed by atoms with Gasteiger partial charge in [0.15, 0.2) is 0 Å². The van der Waals surface area contributed by atoms with Crippen LogP contribution in [0.2, 0.25) is 0 Å². The number of allylic oxidation sites excluding steroid dienone is 3. The van der Waals surface area contributed by atoms with Gasteiger partial charge in [-0.05, 0) is 44.9 Å². The van der Waals surface area contributed by atoms with Crippen molar-refractivity contribution in [3.63, 3.8) is 0 Å². The lowest BCUT2D eigenvalue weighted by Gasteiger charge is -2.41. The Labute approximate surface area is 433 Å². The molecule has 0 bridgehead atoms. The number of aliphatic hydroxyl groups excluding tert-OH is 7. The maximum atomic E-state index is 13.1. The lowest BCUT2D eigenvalue weighted by Crippen LogP contribution is -2.64. The summed E-state index contributed by atoms with van der Waals surface area (Å²) in [5.74, 6) is -0.593. The summed E-state index contributed by atoms with van der Waals surface area (Å²) >= 11 is 0. The fraction of sp³-hybridized carbons (Fsp3) is 0.912. The third kappa shape index (κ3) is 37.2. The van der Waals surface area contributed by atoms with Crippen LogP contribution < -0.4 is 5.32 Å². The Hall–Kier alpha value is -1.22. The first-order chi connectivity index (χ1) is 34.3. The average Bonchev–Trinajstić information content (AvgIpc) is 3.35. The number of phosphoric acid groups is 1. The molecule has 1 aliphatic carbocycles. The molecule has 8 unspecified atom stereocenters. The maximum Gasteiger partial charge on any atom is 0.472 e. The fourth-order valence-electron chi connectivity index (χ4n) is 9.53. The molecule has 8 atom stereocenters. The Morgan fingerprint density at radius 2 is 0.817 bits per heavy atom. The topological polar surface area (TPSA) is 226 Å². The molecule has 0 saturated heterocycles. The molecule has 1 amide bonds. The van der Waals surface area contributed by atoms with Gasteiger partial charge < -0.3 is 46.0 Å². The normalized spacial score (nSPS) is 21.8. The molecule has 1 rings (SSSR count). The molecule has 420 valence electrons. The van der Waals surface area contributed by atoms with E-state index in [1.807, 2.05) is 0 Å². The van der Waals surface area contributed by atoms with Crippen molar-refractivity contribution in [2.45, 2.75) is 326 Å². The molecule has 0 aliphatic heterocycles. The van der Waals surface area contributed by atoms with Gasteiger partial charge in [0, 0.05) is 0 Å². The van der Waals surface area contributed by atoms with Crippen molar-refractivity contribution in [1.82, 2.24) is 5.32 Å². The van der Waals surface area contributed by atoms with Crippen LogP contribution >= 0.6 is 7.82 Å². The lowest BCUT2D eigenvalue weighted by atomic mass is 9.85. The van der Waals surface area contributed by atoms with E-state index in [2.05, 4.69) is 31.3 Å². The highest BCUT2D eigenvalue weighted by Gasteiger charge is 2.51. The number of nitrogens with one attached hydrogen (secondary N) is 1. The largest absolute Gasteiger partial charge is 0.472 e. The van der Waals surface area contributed by atoms with Gasteiger partial charge in [0.2, 0.25) is 5.91 Å². The van der Waals surface area contributed by atoms with E-state index in [1.165, 1.54) is 179 Å². The maximum absolute atomic E-state index is 13.1. The Morgan fingerprint density at radius 3 is 1.20 bits per heavy atom. The zero-order valence-corrected chi connectivity index (χ0v) is 46.0. The van der Waals surface area contributed by atoms with Gasteiger partial charge in [-0.3, -0.25) is 13.8 Å². The summed E-state index contributed by atoms with van der Waals surface area (Å²) in [7, 11) is -5.15. The zero-order chi connectivity index (χ0) is 52.2. The zero-order valence-electron chi connectivity index (χ0n) is 45.2. The number of amides is 1. The SMILES string of the molecule is CCCCCCCCCCCCCC/C=C\CCCCCCCC(O)CC(=O)NC(COP(=O)(O)OC1C(O)C(O)C(O)C(O)C1O)C(O)/C=C/CCCCCCCCCCCCCCCCCCCC. The van der Waals surface area contributed by atoms with Crippen LogP contribution in [-0.2, 0) is 18.4 Å². The molecule has 1 aliphatic rings. The van der Waals surface area contributed by atoms with Gasteiger partial charge in [0.25, 0.3) is 0 Å². The highest BCUT2D eigenvalue weighted by atomic mass is 31.2. The first-order valence-electron chi connectivity index (χ1n) is 29.4. The van der Waals surface area contributed by atoms with Crippen LogP contribution in [-0.4, -0.2) is 108 Å². The van der Waals surface area contributed by atoms with Crippen LogP contribution in [0.5, 0.6) is 0 Å². The number of phosphoric ester groups is 1. The van der Waals surface area contributed by atoms with E-state index < -0.39 is 75.2 Å². The molecular weight excluding hydrogens is 922 g/mol. The number of rotatable bonds is 50. The van der Waals surface area contributed by atoms with Crippen molar-refractivity contribution in [2.24, 2.45) is 0 Å². The van der Waals surface area contributed by atoms with Crippen LogP contribution in [0.4, 0.5) is 0 Å². The highest BCUT2D eigenvalue weighted by molar-refractivity contribution is 7.47. The van der Waals surface area contributed by atoms with Crippen LogP contribution in [0.1, 0.15) is 271 Å². The minimum Gasteiger partial charge on any atom is -0.393 e. The summed E-state index contributed by atoms with van der Waals surface area (Å²) in [5.41, 5.74) is 0. The molecule has 0 aromatic rings. The minimum absolute atomic E-state index is 0.248. The molecule has 13 nitrogen and oxygen atoms in total. The lowest BCUT2D eigenvalue weighted by molar-refractivity contribution is -0.220. The molecule has 0 spiro atoms. The Bertz CT molecular complexity index is 1310. The molecular formula is C57H110NO12P. The second-order valence-corrected chi connectivity index (χ2v) is 22.4. The van der Waals surface area contributed by atoms with Crippen molar-refractivity contribution in [1.29, 1.82) is 0 Å². The van der Waals surface area contributed by atoms with Crippen molar-refractivity contribution in [3.05, 3.63) is 24.3 Å². The number of carbonyl (C=O) groups excluding carboxylic acids is 1. The molecule has 1 saturated carbocycles. The summed E-state index contributed by atoms with van der Waals surface area (Å²) in [6.07, 6.45) is 41.1. The standard InChI is InChI=1S/C57H110NO12P/c1-3-5-7-9-11-13-15-17-19-21-23-25-26-28-30-32-34-36-38-40-42-44-48(59)46-51(61)58-49(47-69-71(67,68)70-57-55(65)53(63)52(62)54(64)56(57)66)50(60)45-43-41-39-37-35-33-31-29-27-24-22-20-18-16-14-12-10-8-6-4-2/h28,30,43,45,48-50,52-57,59-60,62-66H,3-27,29,31-42,44,46-47H2,1-2H3,(H,58,61)(H,67,68)/b30-28-,45-43+. The fourth-order valence-corrected chi connectivity index (χ4v) is 10.5. The average molecular weight is 1030 g/mol. The highest BCUT2D eigenvalue weighted by Crippen LogP contribution is 2.47. The summed E-state index contributed by atoms with van der Waals surface area (Å²) in [6, 6.07) is -1.24. The molecule has 9 N–H and O–H groups in total.